The van der Waals surface area contributed by atoms with Crippen molar-refractivity contribution in [1.82, 2.24) is 9.80 Å². The maximum atomic E-state index is 13.8. The first-order chi connectivity index (χ1) is 14.5. The summed E-state index contributed by atoms with van der Waals surface area (Å²) in [7, 11) is 0. The van der Waals surface area contributed by atoms with Crippen molar-refractivity contribution in [3.63, 3.8) is 0 Å². The van der Waals surface area contributed by atoms with Gasteiger partial charge in [0, 0.05) is 56.4 Å². The normalized spacial score (nSPS) is 25.4. The lowest BCUT2D eigenvalue weighted by atomic mass is 9.83. The minimum atomic E-state index is -0.685. The number of likely N-dealkylation sites (tertiary alicyclic amines) is 2. The Bertz CT molecular complexity index is 802. The van der Waals surface area contributed by atoms with Gasteiger partial charge in [-0.2, -0.15) is 0 Å². The van der Waals surface area contributed by atoms with Gasteiger partial charge in [0.2, 0.25) is 11.8 Å². The summed E-state index contributed by atoms with van der Waals surface area (Å²) >= 11 is 0. The summed E-state index contributed by atoms with van der Waals surface area (Å²) < 4.78 is 33.0. The number of carbonyl (C=O) groups is 2. The van der Waals surface area contributed by atoms with Gasteiger partial charge in [-0.25, -0.2) is 8.78 Å². The number of rotatable bonds is 3. The molecule has 0 aliphatic carbocycles. The van der Waals surface area contributed by atoms with Crippen LogP contribution in [0.15, 0.2) is 24.3 Å². The fourth-order valence-electron chi connectivity index (χ4n) is 5.00. The molecule has 0 N–H and O–H groups in total. The van der Waals surface area contributed by atoms with Crippen LogP contribution in [0.1, 0.15) is 37.7 Å². The number of piperidine rings is 2. The Labute approximate surface area is 175 Å². The molecule has 7 heteroatoms. The van der Waals surface area contributed by atoms with E-state index in [1.807, 2.05) is 9.80 Å². The van der Waals surface area contributed by atoms with E-state index in [1.54, 1.807) is 0 Å². The minimum Gasteiger partial charge on any atom is -0.381 e. The summed E-state index contributed by atoms with van der Waals surface area (Å²) in [6.07, 6.45) is 6.65. The van der Waals surface area contributed by atoms with Gasteiger partial charge < -0.3 is 14.5 Å². The van der Waals surface area contributed by atoms with E-state index in [9.17, 15) is 18.4 Å². The number of halogens is 2. The zero-order valence-corrected chi connectivity index (χ0v) is 17.1. The van der Waals surface area contributed by atoms with Crippen molar-refractivity contribution in [1.29, 1.82) is 0 Å². The van der Waals surface area contributed by atoms with Gasteiger partial charge in [0.15, 0.2) is 0 Å². The Kier molecular flexibility index (Phi) is 6.46. The van der Waals surface area contributed by atoms with Crippen LogP contribution in [0, 0.1) is 23.5 Å². The van der Waals surface area contributed by atoms with E-state index in [1.165, 1.54) is 30.4 Å². The van der Waals surface area contributed by atoms with Crippen molar-refractivity contribution in [2.24, 2.45) is 11.8 Å². The molecule has 3 aliphatic rings. The highest BCUT2D eigenvalue weighted by molar-refractivity contribution is 5.92. The largest absolute Gasteiger partial charge is 0.381 e. The minimum absolute atomic E-state index is 0.0511. The lowest BCUT2D eigenvalue weighted by Crippen LogP contribution is -2.57. The average Bonchev–Trinajstić information content (AvgIpc) is 2.78. The van der Waals surface area contributed by atoms with Crippen molar-refractivity contribution in [2.45, 2.75) is 38.1 Å². The van der Waals surface area contributed by atoms with Crippen LogP contribution in [0.5, 0.6) is 0 Å². The van der Waals surface area contributed by atoms with Crippen molar-refractivity contribution in [2.75, 3.05) is 32.8 Å². The summed E-state index contributed by atoms with van der Waals surface area (Å²) in [5.41, 5.74) is -0.198. The Morgan fingerprint density at radius 3 is 2.50 bits per heavy atom. The van der Waals surface area contributed by atoms with E-state index in [0.29, 0.717) is 32.8 Å². The molecule has 5 nitrogen and oxygen atoms in total. The number of amides is 2. The summed E-state index contributed by atoms with van der Waals surface area (Å²) in [5, 5.41) is 0. The Balaban J connectivity index is 1.40. The van der Waals surface area contributed by atoms with E-state index in [4.69, 9.17) is 4.74 Å². The predicted octanol–water partition coefficient (Wildman–Crippen LogP) is 3.24. The van der Waals surface area contributed by atoms with Crippen LogP contribution in [0.4, 0.5) is 8.78 Å². The molecule has 1 aromatic rings. The van der Waals surface area contributed by atoms with Gasteiger partial charge in [-0.15, -0.1) is 0 Å². The smallest absolute Gasteiger partial charge is 0.246 e. The second kappa shape index (κ2) is 9.25. The number of fused-ring (bicyclic) bond motifs is 1. The fourth-order valence-corrected chi connectivity index (χ4v) is 5.00. The lowest BCUT2D eigenvalue weighted by Gasteiger charge is -2.47. The molecule has 4 rings (SSSR count). The molecule has 1 aromatic carbocycles. The SMILES string of the molecule is O=C(C1CCOCC1)N1CC[C@H]2[C@H](CCCN2C(=O)/C=C/c2c(F)cccc2F)C1. The molecule has 3 saturated heterocycles. The number of ether oxygens (including phenoxy) is 1. The molecule has 0 bridgehead atoms. The van der Waals surface area contributed by atoms with Crippen LogP contribution >= 0.6 is 0 Å². The standard InChI is InChI=1S/C23H28F2N2O3/c24-19-4-1-5-20(25)18(19)6-7-22(28)27-11-2-3-17-15-26(12-8-21(17)27)23(29)16-9-13-30-14-10-16/h1,4-7,16-17,21H,2-3,8-15H2/b7-6+/t17-,21+/m1/s1. The Hall–Kier alpha value is -2.28. The molecule has 3 heterocycles. The van der Waals surface area contributed by atoms with Crippen LogP contribution in [0.3, 0.4) is 0 Å². The van der Waals surface area contributed by atoms with E-state index < -0.39 is 11.6 Å². The highest BCUT2D eigenvalue weighted by atomic mass is 19.1. The fraction of sp³-hybridized carbons (Fsp3) is 0.565. The molecule has 0 saturated carbocycles. The first-order valence-corrected chi connectivity index (χ1v) is 10.8. The molecule has 30 heavy (non-hydrogen) atoms. The van der Waals surface area contributed by atoms with Crippen LogP contribution in [-0.4, -0.2) is 60.5 Å². The van der Waals surface area contributed by atoms with E-state index in [2.05, 4.69) is 0 Å². The Morgan fingerprint density at radius 1 is 1.03 bits per heavy atom. The first kappa shape index (κ1) is 21.0. The molecule has 0 radical (unpaired) electrons. The lowest BCUT2D eigenvalue weighted by molar-refractivity contribution is -0.144. The molecular formula is C23H28F2N2O3. The quantitative estimate of drug-likeness (QED) is 0.708. The third-order valence-electron chi connectivity index (χ3n) is 6.63. The maximum absolute atomic E-state index is 13.8. The topological polar surface area (TPSA) is 49.9 Å². The van der Waals surface area contributed by atoms with E-state index in [-0.39, 0.29) is 35.3 Å². The van der Waals surface area contributed by atoms with E-state index >= 15 is 0 Å². The second-order valence-electron chi connectivity index (χ2n) is 8.43. The third-order valence-corrected chi connectivity index (χ3v) is 6.63. The zero-order valence-electron chi connectivity index (χ0n) is 17.1. The summed E-state index contributed by atoms with van der Waals surface area (Å²) in [4.78, 5) is 29.5. The van der Waals surface area contributed by atoms with Crippen molar-refractivity contribution < 1.29 is 23.1 Å². The van der Waals surface area contributed by atoms with Crippen molar-refractivity contribution in [3.05, 3.63) is 41.5 Å². The third kappa shape index (κ3) is 4.41. The molecule has 0 spiro atoms. The van der Waals surface area contributed by atoms with Gasteiger partial charge in [0.05, 0.1) is 0 Å². The monoisotopic (exact) mass is 418 g/mol. The van der Waals surface area contributed by atoms with Crippen LogP contribution < -0.4 is 0 Å². The highest BCUT2D eigenvalue weighted by Crippen LogP contribution is 2.32. The van der Waals surface area contributed by atoms with Gasteiger partial charge >= 0.3 is 0 Å². The second-order valence-corrected chi connectivity index (χ2v) is 8.43. The van der Waals surface area contributed by atoms with Gasteiger partial charge in [-0.1, -0.05) is 6.07 Å². The first-order valence-electron chi connectivity index (χ1n) is 10.8. The molecule has 0 unspecified atom stereocenters. The van der Waals surface area contributed by atoms with Gasteiger partial charge in [0.25, 0.3) is 0 Å². The number of hydrogen-bond donors (Lipinski definition) is 0. The molecule has 2 atom stereocenters. The summed E-state index contributed by atoms with van der Waals surface area (Å²) in [6, 6.07) is 3.72. The number of nitrogens with zero attached hydrogens (tertiary/aromatic N) is 2. The Morgan fingerprint density at radius 2 is 1.77 bits per heavy atom. The van der Waals surface area contributed by atoms with Crippen LogP contribution in [-0.2, 0) is 14.3 Å². The predicted molar refractivity (Wildman–Crippen MR) is 108 cm³/mol. The molecule has 162 valence electrons. The number of benzene rings is 1. The van der Waals surface area contributed by atoms with Crippen LogP contribution in [0.25, 0.3) is 6.08 Å². The van der Waals surface area contributed by atoms with E-state index in [0.717, 1.165) is 32.1 Å². The summed E-state index contributed by atoms with van der Waals surface area (Å²) in [6.45, 7) is 3.25. The van der Waals surface area contributed by atoms with Crippen molar-refractivity contribution >= 4 is 17.9 Å². The molecule has 3 aliphatic heterocycles. The molecule has 3 fully saturated rings. The van der Waals surface area contributed by atoms with Crippen LogP contribution in [0.2, 0.25) is 0 Å². The summed E-state index contributed by atoms with van der Waals surface area (Å²) in [5.74, 6) is -1.08. The van der Waals surface area contributed by atoms with Gasteiger partial charge in [0.1, 0.15) is 11.6 Å². The molecule has 0 aromatic heterocycles. The molecule has 2 amide bonds. The number of hydrogen-bond acceptors (Lipinski definition) is 3. The maximum Gasteiger partial charge on any atom is 0.246 e. The number of carbonyl (C=O) groups excluding carboxylic acids is 2. The van der Waals surface area contributed by atoms with Gasteiger partial charge in [-0.3, -0.25) is 9.59 Å². The van der Waals surface area contributed by atoms with Crippen molar-refractivity contribution in [3.8, 4) is 0 Å². The molecular weight excluding hydrogens is 390 g/mol. The highest BCUT2D eigenvalue weighted by Gasteiger charge is 2.40. The average molecular weight is 418 g/mol. The zero-order chi connectivity index (χ0) is 21.1. The van der Waals surface area contributed by atoms with Gasteiger partial charge in [-0.05, 0) is 56.2 Å².